The van der Waals surface area contributed by atoms with Crippen LogP contribution in [0.25, 0.3) is 34.4 Å². The number of aliphatic hydroxyl groups excluding tert-OH is 1. The average molecular weight is 367 g/mol. The van der Waals surface area contributed by atoms with E-state index in [-0.39, 0.29) is 17.2 Å². The molecule has 0 amide bonds. The summed E-state index contributed by atoms with van der Waals surface area (Å²) in [5.74, 6) is -0.243. The van der Waals surface area contributed by atoms with Crippen molar-refractivity contribution < 1.29 is 13.9 Å². The molecule has 8 heteroatoms. The van der Waals surface area contributed by atoms with Crippen LogP contribution in [0.3, 0.4) is 0 Å². The number of fused-ring (bicyclic) bond motifs is 1. The predicted molar refractivity (Wildman–Crippen MR) is 97.4 cm³/mol. The van der Waals surface area contributed by atoms with Crippen LogP contribution >= 0.6 is 0 Å². The number of hydrogen-bond acceptors (Lipinski definition) is 4. The minimum Gasteiger partial charge on any atom is -0.385 e. The fourth-order valence-corrected chi connectivity index (χ4v) is 2.69. The van der Waals surface area contributed by atoms with Gasteiger partial charge in [0.05, 0.1) is 5.69 Å². The van der Waals surface area contributed by atoms with Crippen molar-refractivity contribution in [1.29, 1.82) is 0 Å². The van der Waals surface area contributed by atoms with Gasteiger partial charge in [0.2, 0.25) is 0 Å². The van der Waals surface area contributed by atoms with E-state index in [4.69, 9.17) is 0 Å². The molecule has 0 aliphatic carbocycles. The molecule has 2 aromatic heterocycles. The average Bonchev–Trinajstić information content (AvgIpc) is 3.29. The molecule has 6 nitrogen and oxygen atoms in total. The number of aromatic nitrogens is 5. The third-order valence-corrected chi connectivity index (χ3v) is 4.11. The van der Waals surface area contributed by atoms with Crippen LogP contribution in [0.2, 0.25) is 0 Å². The molecule has 0 saturated heterocycles. The van der Waals surface area contributed by atoms with E-state index in [9.17, 15) is 13.9 Å². The van der Waals surface area contributed by atoms with Gasteiger partial charge in [-0.1, -0.05) is 18.2 Å². The van der Waals surface area contributed by atoms with Crippen molar-refractivity contribution in [3.63, 3.8) is 0 Å². The lowest BCUT2D eigenvalue weighted by molar-refractivity contribution is 0.189. The number of halogens is 2. The number of aromatic amines is 2. The summed E-state index contributed by atoms with van der Waals surface area (Å²) < 4.78 is 27.5. The quantitative estimate of drug-likeness (QED) is 0.511. The highest BCUT2D eigenvalue weighted by atomic mass is 19.1. The fraction of sp³-hybridized carbons (Fsp3) is 0.105. The lowest BCUT2D eigenvalue weighted by atomic mass is 10.1. The van der Waals surface area contributed by atoms with Gasteiger partial charge in [-0.05, 0) is 42.8 Å². The van der Waals surface area contributed by atoms with Gasteiger partial charge in [-0.15, -0.1) is 0 Å². The van der Waals surface area contributed by atoms with Crippen molar-refractivity contribution in [2.45, 2.75) is 13.0 Å². The number of aliphatic hydroxyl groups is 1. The molecule has 3 N–H and O–H groups in total. The van der Waals surface area contributed by atoms with Gasteiger partial charge >= 0.3 is 0 Å². The maximum atomic E-state index is 14.5. The third-order valence-electron chi connectivity index (χ3n) is 4.11. The van der Waals surface area contributed by atoms with Crippen molar-refractivity contribution >= 4 is 23.1 Å². The molecule has 0 saturated carbocycles. The summed E-state index contributed by atoms with van der Waals surface area (Å²) in [6.07, 6.45) is 2.71. The Kier molecular flexibility index (Phi) is 4.25. The molecule has 4 aromatic rings. The van der Waals surface area contributed by atoms with E-state index in [1.807, 2.05) is 0 Å². The molecule has 0 aliphatic heterocycles. The summed E-state index contributed by atoms with van der Waals surface area (Å²) in [6.45, 7) is 1.56. The first-order valence-corrected chi connectivity index (χ1v) is 8.23. The fourth-order valence-electron chi connectivity index (χ4n) is 2.69. The molecule has 0 spiro atoms. The van der Waals surface area contributed by atoms with E-state index in [0.29, 0.717) is 22.5 Å². The normalized spacial score (nSPS) is 12.9. The number of benzene rings is 2. The van der Waals surface area contributed by atoms with E-state index in [2.05, 4.69) is 25.4 Å². The predicted octanol–water partition coefficient (Wildman–Crippen LogP) is 3.85. The molecular formula is C19H15F2N5O. The van der Waals surface area contributed by atoms with Crippen molar-refractivity contribution in [1.82, 2.24) is 25.4 Å². The third kappa shape index (κ3) is 3.34. The molecule has 4 rings (SSSR count). The lowest BCUT2D eigenvalue weighted by Crippen LogP contribution is -1.93. The van der Waals surface area contributed by atoms with Crippen LogP contribution in [0, 0.1) is 11.6 Å². The van der Waals surface area contributed by atoms with Crippen LogP contribution in [0.5, 0.6) is 0 Å². The first-order valence-electron chi connectivity index (χ1n) is 8.23. The number of H-pyrrole nitrogens is 2. The summed E-state index contributed by atoms with van der Waals surface area (Å²) in [4.78, 5) is 4.18. The van der Waals surface area contributed by atoms with Gasteiger partial charge in [0.1, 0.15) is 17.4 Å². The number of nitrogens with one attached hydrogen (secondary N) is 2. The maximum Gasteiger partial charge on any atom is 0.181 e. The first kappa shape index (κ1) is 17.0. The SMILES string of the molecule is CC(O)c1nc(-c2cc(F)c3n[nH]c(C=Cc4ccc(F)cc4)c3c2)n[nH]1. The molecular weight excluding hydrogens is 352 g/mol. The second-order valence-electron chi connectivity index (χ2n) is 6.10. The molecule has 2 heterocycles. The van der Waals surface area contributed by atoms with Gasteiger partial charge in [-0.3, -0.25) is 10.2 Å². The number of nitrogens with zero attached hydrogens (tertiary/aromatic N) is 3. The minimum atomic E-state index is -0.803. The van der Waals surface area contributed by atoms with Crippen molar-refractivity contribution in [3.8, 4) is 11.4 Å². The number of hydrogen-bond donors (Lipinski definition) is 3. The topological polar surface area (TPSA) is 90.5 Å². The van der Waals surface area contributed by atoms with E-state index < -0.39 is 11.9 Å². The van der Waals surface area contributed by atoms with Gasteiger partial charge in [0.25, 0.3) is 0 Å². The Balaban J connectivity index is 1.74. The van der Waals surface area contributed by atoms with Gasteiger partial charge in [0, 0.05) is 10.9 Å². The van der Waals surface area contributed by atoms with Gasteiger partial charge in [-0.25, -0.2) is 13.8 Å². The maximum absolute atomic E-state index is 14.5. The van der Waals surface area contributed by atoms with E-state index in [0.717, 1.165) is 5.56 Å². The molecule has 2 aromatic carbocycles. The first-order chi connectivity index (χ1) is 13.0. The standard InChI is InChI=1S/C19H15F2N5O/c1-10(27)18-22-19(26-25-18)12-8-14-16(23-24-17(14)15(21)9-12)7-4-11-2-5-13(20)6-3-11/h2-10,27H,1H3,(H,23,24)(H,22,25,26). The zero-order valence-electron chi connectivity index (χ0n) is 14.2. The Morgan fingerprint density at radius 2 is 1.81 bits per heavy atom. The van der Waals surface area contributed by atoms with Crippen LogP contribution in [-0.4, -0.2) is 30.5 Å². The Morgan fingerprint density at radius 3 is 2.52 bits per heavy atom. The summed E-state index contributed by atoms with van der Waals surface area (Å²) in [6, 6.07) is 9.03. The van der Waals surface area contributed by atoms with Crippen LogP contribution in [-0.2, 0) is 0 Å². The van der Waals surface area contributed by atoms with Gasteiger partial charge in [-0.2, -0.15) is 10.2 Å². The van der Waals surface area contributed by atoms with E-state index >= 15 is 0 Å². The van der Waals surface area contributed by atoms with E-state index in [1.165, 1.54) is 18.2 Å². The molecule has 0 fully saturated rings. The van der Waals surface area contributed by atoms with Crippen molar-refractivity contribution in [2.24, 2.45) is 0 Å². The summed E-state index contributed by atoms with van der Waals surface area (Å²) in [5, 5.41) is 23.6. The monoisotopic (exact) mass is 367 g/mol. The highest BCUT2D eigenvalue weighted by molar-refractivity contribution is 5.92. The Morgan fingerprint density at radius 1 is 1.04 bits per heavy atom. The Bertz CT molecular complexity index is 1130. The summed E-state index contributed by atoms with van der Waals surface area (Å²) in [5.41, 5.74) is 2.05. The van der Waals surface area contributed by atoms with Gasteiger partial charge < -0.3 is 5.11 Å². The smallest absolute Gasteiger partial charge is 0.181 e. The highest BCUT2D eigenvalue weighted by Crippen LogP contribution is 2.27. The lowest BCUT2D eigenvalue weighted by Gasteiger charge is -1.99. The zero-order valence-corrected chi connectivity index (χ0v) is 14.2. The van der Waals surface area contributed by atoms with Crippen LogP contribution in [0.1, 0.15) is 30.1 Å². The van der Waals surface area contributed by atoms with Gasteiger partial charge in [0.15, 0.2) is 17.5 Å². The number of rotatable bonds is 4. The second-order valence-corrected chi connectivity index (χ2v) is 6.10. The van der Waals surface area contributed by atoms with Crippen LogP contribution in [0.4, 0.5) is 8.78 Å². The van der Waals surface area contributed by atoms with Crippen molar-refractivity contribution in [2.75, 3.05) is 0 Å². The second kappa shape index (κ2) is 6.73. The largest absolute Gasteiger partial charge is 0.385 e. The van der Waals surface area contributed by atoms with E-state index in [1.54, 1.807) is 37.3 Å². The minimum absolute atomic E-state index is 0.198. The molecule has 27 heavy (non-hydrogen) atoms. The highest BCUT2D eigenvalue weighted by Gasteiger charge is 2.15. The summed E-state index contributed by atoms with van der Waals surface area (Å²) >= 11 is 0. The molecule has 0 aliphatic rings. The van der Waals surface area contributed by atoms with Crippen LogP contribution in [0.15, 0.2) is 36.4 Å². The van der Waals surface area contributed by atoms with Crippen LogP contribution < -0.4 is 0 Å². The Hall–Kier alpha value is -3.39. The Labute approximate surface area is 152 Å². The molecule has 1 atom stereocenters. The summed E-state index contributed by atoms with van der Waals surface area (Å²) in [7, 11) is 0. The molecule has 1 unspecified atom stereocenters. The molecule has 136 valence electrons. The van der Waals surface area contributed by atoms with Crippen molar-refractivity contribution in [3.05, 3.63) is 65.1 Å². The zero-order chi connectivity index (χ0) is 19.0. The molecule has 0 radical (unpaired) electrons. The molecule has 0 bridgehead atoms.